The number of hydrogen-bond acceptors (Lipinski definition) is 15. The molecule has 3 N–H and O–H groups in total. The zero-order valence-corrected chi connectivity index (χ0v) is 44.6. The van der Waals surface area contributed by atoms with Crippen LogP contribution < -0.4 is 24.4 Å². The molecule has 4 aliphatic rings. The molecular formula is C54H63FN10O6S3. The number of piperidine rings is 1. The number of ether oxygens (including phenoxy) is 2. The van der Waals surface area contributed by atoms with Crippen molar-refractivity contribution in [3.63, 3.8) is 0 Å². The largest absolute Gasteiger partial charge is 0.508 e. The summed E-state index contributed by atoms with van der Waals surface area (Å²) in [6.45, 7) is 12.3. The summed E-state index contributed by atoms with van der Waals surface area (Å²) in [4.78, 5) is 52.4. The molecule has 4 aliphatic heterocycles. The number of anilines is 1. The van der Waals surface area contributed by atoms with E-state index in [1.807, 2.05) is 69.6 Å². The molecule has 4 saturated heterocycles. The Kier molecular flexibility index (Phi) is 14.7. The van der Waals surface area contributed by atoms with Crippen LogP contribution in [0.15, 0.2) is 83.0 Å². The Bertz CT molecular complexity index is 3160. The van der Waals surface area contributed by atoms with Crippen LogP contribution in [0, 0.1) is 24.6 Å². The summed E-state index contributed by atoms with van der Waals surface area (Å²) in [5.41, 5.74) is 5.68. The second-order valence-electron chi connectivity index (χ2n) is 20.2. The maximum atomic E-state index is 16.9. The van der Waals surface area contributed by atoms with Gasteiger partial charge < -0.3 is 29.3 Å². The molecule has 3 aromatic carbocycles. The summed E-state index contributed by atoms with van der Waals surface area (Å²) in [6.07, 6.45) is 5.34. The Morgan fingerprint density at radius 1 is 0.986 bits per heavy atom. The smallest absolute Gasteiger partial charge is 0.319 e. The van der Waals surface area contributed by atoms with Crippen molar-refractivity contribution in [3.8, 4) is 39.3 Å². The maximum Gasteiger partial charge on any atom is 0.319 e. The molecule has 0 aliphatic carbocycles. The topological polar surface area (TPSA) is 184 Å². The molecule has 5 atom stereocenters. The summed E-state index contributed by atoms with van der Waals surface area (Å²) in [5.74, 6) is 2.94. The number of carbonyl (C=O) groups excluding carboxylic acids is 2. The summed E-state index contributed by atoms with van der Waals surface area (Å²) >= 11 is -0.151. The number of rotatable bonds is 15. The molecule has 8 heterocycles. The minimum atomic E-state index is -1.39. The van der Waals surface area contributed by atoms with Crippen LogP contribution in [0.3, 0.4) is 0 Å². The predicted molar refractivity (Wildman–Crippen MR) is 293 cm³/mol. The normalized spacial score (nSPS) is 21.1. The maximum absolute atomic E-state index is 16.9. The first-order valence-electron chi connectivity index (χ1n) is 25.6. The number of hydrogen-bond donors (Lipinski definition) is 5. The number of benzene rings is 3. The van der Waals surface area contributed by atoms with Gasteiger partial charge in [-0.3, -0.25) is 28.5 Å². The van der Waals surface area contributed by atoms with Gasteiger partial charge in [0.1, 0.15) is 35.3 Å². The van der Waals surface area contributed by atoms with Crippen molar-refractivity contribution >= 4 is 72.1 Å². The van der Waals surface area contributed by atoms with Crippen LogP contribution in [-0.4, -0.2) is 120 Å². The van der Waals surface area contributed by atoms with E-state index in [1.165, 1.54) is 0 Å². The van der Waals surface area contributed by atoms with Crippen LogP contribution >= 0.6 is 33.5 Å². The Labute approximate surface area is 439 Å². The van der Waals surface area contributed by atoms with E-state index < -0.39 is 22.8 Å². The quantitative estimate of drug-likeness (QED) is 0.0612. The molecule has 20 heteroatoms. The van der Waals surface area contributed by atoms with Gasteiger partial charge in [-0.2, -0.15) is 21.0 Å². The Hall–Kier alpha value is -6.06. The van der Waals surface area contributed by atoms with Gasteiger partial charge in [-0.1, -0.05) is 73.5 Å². The van der Waals surface area contributed by atoms with E-state index in [2.05, 4.69) is 52.1 Å². The molecule has 390 valence electrons. The van der Waals surface area contributed by atoms with Crippen LogP contribution in [0.5, 0.6) is 17.6 Å². The fourth-order valence-electron chi connectivity index (χ4n) is 10.8. The van der Waals surface area contributed by atoms with Crippen LogP contribution in [0.1, 0.15) is 75.4 Å². The van der Waals surface area contributed by atoms with Crippen LogP contribution in [0.2, 0.25) is 0 Å². The highest BCUT2D eigenvalue weighted by Gasteiger charge is 2.39. The first-order chi connectivity index (χ1) is 35.9. The minimum absolute atomic E-state index is 0.0283. The summed E-state index contributed by atoms with van der Waals surface area (Å²) in [6, 6.07) is 21.0. The van der Waals surface area contributed by atoms with E-state index >= 15 is 4.39 Å². The number of phenols is 1. The van der Waals surface area contributed by atoms with Crippen molar-refractivity contribution in [1.82, 2.24) is 44.3 Å². The van der Waals surface area contributed by atoms with Crippen molar-refractivity contribution in [2.45, 2.75) is 71.4 Å². The first kappa shape index (κ1) is 50.1. The van der Waals surface area contributed by atoms with E-state index in [0.717, 1.165) is 89.4 Å². The molecule has 16 nitrogen and oxygen atoms in total. The molecular weight excluding hydrogens is 1000 g/mol. The predicted octanol–water partition coefficient (Wildman–Crippen LogP) is 9.69. The van der Waals surface area contributed by atoms with Crippen molar-refractivity contribution in [2.75, 3.05) is 68.2 Å². The average Bonchev–Trinajstić information content (AvgIpc) is 4.25. The van der Waals surface area contributed by atoms with Gasteiger partial charge in [0.2, 0.25) is 5.91 Å². The van der Waals surface area contributed by atoms with Gasteiger partial charge in [-0.25, -0.2) is 9.37 Å². The highest BCUT2D eigenvalue weighted by molar-refractivity contribution is 8.28. The number of nitrogens with one attached hydrogen (secondary N) is 2. The number of amides is 2. The average molecular weight is 1060 g/mol. The number of carbonyl (C=O) groups is 2. The lowest BCUT2D eigenvalue weighted by Crippen LogP contribution is -2.43. The third-order valence-electron chi connectivity index (χ3n) is 14.8. The number of aromatic nitrogens is 5. The molecule has 2 amide bonds. The van der Waals surface area contributed by atoms with Gasteiger partial charge in [-0.15, -0.1) is 11.3 Å². The van der Waals surface area contributed by atoms with Crippen LogP contribution in [0.4, 0.5) is 15.0 Å². The molecule has 4 fully saturated rings. The molecule has 7 aromatic rings. The highest BCUT2D eigenvalue weighted by atomic mass is 32.2. The zero-order valence-electron chi connectivity index (χ0n) is 42.0. The number of pyridine rings is 1. The number of nitrogens with zero attached hydrogens (tertiary/aromatic N) is 8. The van der Waals surface area contributed by atoms with E-state index in [-0.39, 0.29) is 57.2 Å². The summed E-state index contributed by atoms with van der Waals surface area (Å²) in [7, 11) is 0. The SMILES string of the molecule is Cc1ncsc1-c1ccc([C@H](C)NC(=O)[SH]2CCCN2C(=O)[C@@H](c2cc(OCC3CCN(CCOc4nc(N5CC6CC[SH](C5)N6)c5cnc(-c6cc(O)cc7ccccc67)c(F)c5n4)CC3)no2)C(C)C)cc1. The highest BCUT2D eigenvalue weighted by Crippen LogP contribution is 2.44. The number of aromatic hydroxyl groups is 1. The minimum Gasteiger partial charge on any atom is -0.508 e. The lowest BCUT2D eigenvalue weighted by molar-refractivity contribution is -0.129. The van der Waals surface area contributed by atoms with Gasteiger partial charge >= 0.3 is 6.01 Å². The number of phenolic OH excluding ortho intramolecular Hbond substituents is 1. The second-order valence-corrected chi connectivity index (χ2v) is 25.3. The van der Waals surface area contributed by atoms with E-state index in [9.17, 15) is 14.7 Å². The molecule has 11 rings (SSSR count). The summed E-state index contributed by atoms with van der Waals surface area (Å²) in [5, 5.41) is 20.0. The lowest BCUT2D eigenvalue weighted by atomic mass is 9.92. The molecule has 3 unspecified atom stereocenters. The number of thiol groups is 2. The standard InChI is InChI=1S/C54H63FN10O6S3/c1-32(2)46(52(67)65-17-7-22-74(65)54(68)58-33(3)36-10-12-37(13-11-36)50-34(4)57-30-72-50)44-26-45(61-71-44)70-29-35-14-18-63(19-15-35)20-21-69-53-59-49-43(51(60-53)64-28-39-16-23-73(31-64)62-39)27-56-48(47(49)55)42-25-40(66)24-38-8-5-6-9-41(38)42/h5-6,8-13,24-27,30,32-33,35,39,46,62,66,73-74H,7,14-23,28-29,31H2,1-4H3,(H,58,68)/t33-,39?,46+/m0/s1. The number of likely N-dealkylation sites (tertiary alicyclic amines) is 1. The zero-order chi connectivity index (χ0) is 51.0. The molecule has 4 aromatic heterocycles. The molecule has 0 radical (unpaired) electrons. The van der Waals surface area contributed by atoms with Gasteiger partial charge in [-0.05, 0) is 109 Å². The fraction of sp³-hybridized carbons (Fsp3) is 0.426. The second kappa shape index (κ2) is 21.7. The van der Waals surface area contributed by atoms with Gasteiger partial charge in [0.05, 0.1) is 40.0 Å². The number of thiazole rings is 1. The van der Waals surface area contributed by atoms with Crippen molar-refractivity contribution in [3.05, 3.63) is 101 Å². The number of aryl methyl sites for hydroxylation is 1. The first-order valence-corrected chi connectivity index (χ1v) is 29.7. The van der Waals surface area contributed by atoms with Crippen molar-refractivity contribution in [2.24, 2.45) is 11.8 Å². The van der Waals surface area contributed by atoms with Crippen LogP contribution in [0.25, 0.3) is 43.4 Å². The van der Waals surface area contributed by atoms with E-state index in [0.29, 0.717) is 72.4 Å². The molecule has 2 bridgehead atoms. The Balaban J connectivity index is 0.687. The summed E-state index contributed by atoms with van der Waals surface area (Å²) < 4.78 is 40.7. The van der Waals surface area contributed by atoms with E-state index in [4.69, 9.17) is 19.0 Å². The molecule has 74 heavy (non-hydrogen) atoms. The van der Waals surface area contributed by atoms with E-state index in [1.54, 1.807) is 40.0 Å². The number of fused-ring (bicyclic) bond motifs is 4. The Morgan fingerprint density at radius 3 is 2.59 bits per heavy atom. The fourth-order valence-corrected chi connectivity index (χ4v) is 16.1. The molecule has 0 saturated carbocycles. The third kappa shape index (κ3) is 10.5. The van der Waals surface area contributed by atoms with Gasteiger partial charge in [0.25, 0.3) is 11.1 Å². The van der Waals surface area contributed by atoms with Crippen molar-refractivity contribution < 1.29 is 33.1 Å². The van der Waals surface area contributed by atoms with Crippen molar-refractivity contribution in [1.29, 1.82) is 0 Å². The van der Waals surface area contributed by atoms with Gasteiger partial charge in [0, 0.05) is 49.3 Å². The third-order valence-corrected chi connectivity index (χ3v) is 20.3. The van der Waals surface area contributed by atoms with Crippen LogP contribution in [-0.2, 0) is 4.79 Å². The Morgan fingerprint density at radius 2 is 1.81 bits per heavy atom. The lowest BCUT2D eigenvalue weighted by Gasteiger charge is -2.35. The monoisotopic (exact) mass is 1060 g/mol. The molecule has 0 spiro atoms. The number of halogens is 1. The van der Waals surface area contributed by atoms with Gasteiger partial charge in [0.15, 0.2) is 11.6 Å².